The Bertz CT molecular complexity index is 497. The number of anilines is 1. The maximum absolute atomic E-state index is 11.4. The Morgan fingerprint density at radius 2 is 1.86 bits per heavy atom. The number of amides is 1. The molecule has 0 fully saturated rings. The van der Waals surface area contributed by atoms with Crippen LogP contribution >= 0.6 is 23.2 Å². The predicted octanol–water partition coefficient (Wildman–Crippen LogP) is 3.66. The van der Waals surface area contributed by atoms with E-state index >= 15 is 0 Å². The van der Waals surface area contributed by atoms with Gasteiger partial charge in [0.1, 0.15) is 0 Å². The van der Waals surface area contributed by atoms with Crippen LogP contribution in [0.1, 0.15) is 33.3 Å². The van der Waals surface area contributed by atoms with E-state index in [1.165, 1.54) is 0 Å². The first kappa shape index (κ1) is 22.7. The van der Waals surface area contributed by atoms with E-state index in [0.717, 1.165) is 5.69 Å². The van der Waals surface area contributed by atoms with Crippen molar-refractivity contribution >= 4 is 34.8 Å². The molecule has 0 bridgehead atoms. The van der Waals surface area contributed by atoms with Crippen LogP contribution in [0.15, 0.2) is 12.1 Å². The zero-order chi connectivity index (χ0) is 17.7. The third kappa shape index (κ3) is 8.66. The van der Waals surface area contributed by atoms with Crippen LogP contribution < -0.4 is 16.4 Å². The number of rotatable bonds is 4. The zero-order valence-electron chi connectivity index (χ0n) is 13.8. The number of hydrogen-bond acceptors (Lipinski definition) is 3. The van der Waals surface area contributed by atoms with Gasteiger partial charge in [0, 0.05) is 23.7 Å². The normalized spacial score (nSPS) is 8.68. The standard InChI is InChI=1S/C12H16Cl2N2O.C2H3N.C2H6/c1-7(2)16-10-5-4-9(13)8(12(10)14)6-11(17)15-3;1-2-3;1-2/h4-5,7,16H,6H2,1-3H3,(H,15,17);1H,3H2;1-2H3. The Morgan fingerprint density at radius 3 is 2.27 bits per heavy atom. The van der Waals surface area contributed by atoms with Crippen molar-refractivity contribution in [2.45, 2.75) is 40.2 Å². The van der Waals surface area contributed by atoms with Crippen LogP contribution in [0.25, 0.3) is 0 Å². The number of benzene rings is 1. The summed E-state index contributed by atoms with van der Waals surface area (Å²) in [5.74, 6) is -0.115. The summed E-state index contributed by atoms with van der Waals surface area (Å²) in [7, 11) is 1.58. The van der Waals surface area contributed by atoms with Crippen molar-refractivity contribution in [2.24, 2.45) is 5.73 Å². The minimum atomic E-state index is -0.115. The van der Waals surface area contributed by atoms with Crippen molar-refractivity contribution in [3.8, 4) is 12.5 Å². The van der Waals surface area contributed by atoms with E-state index in [2.05, 4.69) is 22.8 Å². The number of nitrogens with two attached hydrogens (primary N) is 1. The highest BCUT2D eigenvalue weighted by atomic mass is 35.5. The Morgan fingerprint density at radius 1 is 1.36 bits per heavy atom. The van der Waals surface area contributed by atoms with Crippen LogP contribution in [-0.2, 0) is 11.2 Å². The van der Waals surface area contributed by atoms with Gasteiger partial charge in [0.25, 0.3) is 0 Å². The molecule has 0 atom stereocenters. The van der Waals surface area contributed by atoms with E-state index < -0.39 is 0 Å². The molecule has 0 saturated heterocycles. The molecule has 0 radical (unpaired) electrons. The molecule has 1 aromatic rings. The molecule has 0 heterocycles. The molecule has 0 aliphatic carbocycles. The second-order valence-corrected chi connectivity index (χ2v) is 4.99. The largest absolute Gasteiger partial charge is 0.382 e. The van der Waals surface area contributed by atoms with E-state index in [0.29, 0.717) is 15.6 Å². The molecular weight excluding hydrogens is 321 g/mol. The molecule has 4 N–H and O–H groups in total. The Kier molecular flexibility index (Phi) is 13.5. The molecule has 0 saturated carbocycles. The molecule has 1 aromatic carbocycles. The monoisotopic (exact) mass is 345 g/mol. The van der Waals surface area contributed by atoms with Crippen LogP contribution in [0, 0.1) is 12.5 Å². The van der Waals surface area contributed by atoms with Crippen LogP contribution in [0.2, 0.25) is 10.0 Å². The van der Waals surface area contributed by atoms with Gasteiger partial charge in [-0.3, -0.25) is 4.79 Å². The van der Waals surface area contributed by atoms with Crippen LogP contribution in [0.3, 0.4) is 0 Å². The minimum absolute atomic E-state index is 0.115. The third-order valence-electron chi connectivity index (χ3n) is 2.25. The summed E-state index contributed by atoms with van der Waals surface area (Å²) in [5, 5.41) is 6.78. The highest BCUT2D eigenvalue weighted by Gasteiger charge is 2.14. The van der Waals surface area contributed by atoms with Gasteiger partial charge in [-0.25, -0.2) is 0 Å². The van der Waals surface area contributed by atoms with Crippen molar-refractivity contribution in [3.05, 3.63) is 27.7 Å². The minimum Gasteiger partial charge on any atom is -0.382 e. The number of nitrogens with one attached hydrogen (secondary N) is 2. The zero-order valence-corrected chi connectivity index (χ0v) is 15.3. The summed E-state index contributed by atoms with van der Waals surface area (Å²) >= 11 is 12.3. The Balaban J connectivity index is 0. The third-order valence-corrected chi connectivity index (χ3v) is 3.03. The maximum Gasteiger partial charge on any atom is 0.224 e. The fourth-order valence-electron chi connectivity index (χ4n) is 1.43. The summed E-state index contributed by atoms with van der Waals surface area (Å²) in [6.45, 7) is 8.03. The number of likely N-dealkylation sites (N-methyl/N-ethyl adjacent to an activating group) is 1. The summed E-state index contributed by atoms with van der Waals surface area (Å²) in [4.78, 5) is 11.4. The first-order valence-corrected chi connectivity index (χ1v) is 7.73. The van der Waals surface area contributed by atoms with E-state index in [-0.39, 0.29) is 18.4 Å². The van der Waals surface area contributed by atoms with Crippen LogP contribution in [-0.4, -0.2) is 19.0 Å². The van der Waals surface area contributed by atoms with Gasteiger partial charge in [0.15, 0.2) is 0 Å². The van der Waals surface area contributed by atoms with E-state index in [1.807, 2.05) is 33.8 Å². The number of carbonyl (C=O) groups is 1. The summed E-state index contributed by atoms with van der Waals surface area (Å²) in [6.07, 6.45) is 4.56. The Labute approximate surface area is 143 Å². The fourth-order valence-corrected chi connectivity index (χ4v) is 1.99. The summed E-state index contributed by atoms with van der Waals surface area (Å²) in [6, 6.07) is 5.58. The molecule has 6 heteroatoms. The van der Waals surface area contributed by atoms with Gasteiger partial charge in [-0.1, -0.05) is 43.5 Å². The topological polar surface area (TPSA) is 67.1 Å². The number of hydrogen-bond donors (Lipinski definition) is 3. The fraction of sp³-hybridized carbons (Fsp3) is 0.438. The van der Waals surface area contributed by atoms with Gasteiger partial charge in [0.2, 0.25) is 5.91 Å². The van der Waals surface area contributed by atoms with E-state index in [4.69, 9.17) is 23.2 Å². The van der Waals surface area contributed by atoms with Gasteiger partial charge in [-0.05, 0) is 32.0 Å². The molecule has 1 rings (SSSR count). The van der Waals surface area contributed by atoms with E-state index in [1.54, 1.807) is 19.2 Å². The molecule has 0 unspecified atom stereocenters. The average molecular weight is 346 g/mol. The molecular formula is C16H25Cl2N3O. The molecule has 0 aromatic heterocycles. The maximum atomic E-state index is 11.4. The van der Waals surface area contributed by atoms with Crippen molar-refractivity contribution < 1.29 is 4.79 Å². The summed E-state index contributed by atoms with van der Waals surface area (Å²) < 4.78 is 0. The molecule has 4 nitrogen and oxygen atoms in total. The highest BCUT2D eigenvalue weighted by Crippen LogP contribution is 2.32. The van der Waals surface area contributed by atoms with Gasteiger partial charge >= 0.3 is 0 Å². The molecule has 124 valence electrons. The quantitative estimate of drug-likeness (QED) is 0.576. The van der Waals surface area contributed by atoms with Crippen molar-refractivity contribution in [2.75, 3.05) is 12.4 Å². The smallest absolute Gasteiger partial charge is 0.224 e. The first-order chi connectivity index (χ1) is 10.4. The van der Waals surface area contributed by atoms with E-state index in [9.17, 15) is 4.79 Å². The molecule has 1 amide bonds. The summed E-state index contributed by atoms with van der Waals surface area (Å²) in [5.41, 5.74) is 5.82. The lowest BCUT2D eigenvalue weighted by atomic mass is 10.1. The van der Waals surface area contributed by atoms with Crippen molar-refractivity contribution in [3.63, 3.8) is 0 Å². The van der Waals surface area contributed by atoms with Gasteiger partial charge < -0.3 is 16.4 Å². The lowest BCUT2D eigenvalue weighted by Gasteiger charge is -2.15. The van der Waals surface area contributed by atoms with Gasteiger partial charge in [-0.2, -0.15) is 0 Å². The second kappa shape index (κ2) is 13.1. The van der Waals surface area contributed by atoms with Gasteiger partial charge in [0.05, 0.1) is 17.1 Å². The lowest BCUT2D eigenvalue weighted by Crippen LogP contribution is -2.20. The average Bonchev–Trinajstić information content (AvgIpc) is 2.49. The second-order valence-electron chi connectivity index (χ2n) is 4.20. The first-order valence-electron chi connectivity index (χ1n) is 6.97. The number of halogens is 2. The molecule has 22 heavy (non-hydrogen) atoms. The van der Waals surface area contributed by atoms with Crippen molar-refractivity contribution in [1.82, 2.24) is 5.32 Å². The highest BCUT2D eigenvalue weighted by molar-refractivity contribution is 6.38. The number of carbonyl (C=O) groups excluding carboxylic acids is 1. The Hall–Kier alpha value is -1.57. The van der Waals surface area contributed by atoms with Crippen LogP contribution in [0.5, 0.6) is 0 Å². The predicted molar refractivity (Wildman–Crippen MR) is 97.4 cm³/mol. The van der Waals surface area contributed by atoms with Gasteiger partial charge in [-0.15, -0.1) is 0 Å². The number of terminal acetylenes is 1. The SMILES string of the molecule is C#CN.CC.CNC(=O)Cc1c(Cl)ccc(NC(C)C)c1Cl. The molecule has 0 spiro atoms. The lowest BCUT2D eigenvalue weighted by molar-refractivity contribution is -0.119. The molecule has 0 aliphatic heterocycles. The van der Waals surface area contributed by atoms with Crippen LogP contribution in [0.4, 0.5) is 5.69 Å². The van der Waals surface area contributed by atoms with Crippen molar-refractivity contribution in [1.29, 1.82) is 0 Å². The molecule has 0 aliphatic rings.